The van der Waals surface area contributed by atoms with Gasteiger partial charge < -0.3 is 15.2 Å². The van der Waals surface area contributed by atoms with Crippen molar-refractivity contribution in [3.8, 4) is 0 Å². The molecule has 0 spiro atoms. The Morgan fingerprint density at radius 2 is 2.33 bits per heavy atom. The second-order valence-corrected chi connectivity index (χ2v) is 5.71. The lowest BCUT2D eigenvalue weighted by molar-refractivity contribution is -0.125. The van der Waals surface area contributed by atoms with Crippen LogP contribution < -0.4 is 16.0 Å². The number of hydrogen-bond acceptors (Lipinski definition) is 4. The maximum absolute atomic E-state index is 11.9. The minimum Gasteiger partial charge on any atom is -0.346 e. The van der Waals surface area contributed by atoms with E-state index in [0.717, 1.165) is 25.9 Å². The zero-order valence-corrected chi connectivity index (χ0v) is 12.6. The van der Waals surface area contributed by atoms with Crippen molar-refractivity contribution >= 4 is 17.8 Å². The number of carbonyl (C=O) groups excluding carboxylic acids is 2. The number of amides is 2. The van der Waals surface area contributed by atoms with Gasteiger partial charge in [0.05, 0.1) is 12.6 Å². The highest BCUT2D eigenvalue weighted by Gasteiger charge is 2.22. The van der Waals surface area contributed by atoms with Crippen LogP contribution in [-0.2, 0) is 16.1 Å². The molecule has 0 aliphatic carbocycles. The first-order valence-corrected chi connectivity index (χ1v) is 7.38. The summed E-state index contributed by atoms with van der Waals surface area (Å²) in [6.07, 6.45) is 5.30. The van der Waals surface area contributed by atoms with E-state index in [1.54, 1.807) is 6.20 Å². The van der Waals surface area contributed by atoms with Gasteiger partial charge in [-0.2, -0.15) is 0 Å². The molecule has 1 unspecified atom stereocenters. The van der Waals surface area contributed by atoms with E-state index in [2.05, 4.69) is 34.8 Å². The summed E-state index contributed by atoms with van der Waals surface area (Å²) in [6, 6.07) is -0.166. The second-order valence-electron chi connectivity index (χ2n) is 5.71. The monoisotopic (exact) mass is 293 g/mol. The minimum absolute atomic E-state index is 0.0362. The highest BCUT2D eigenvalue weighted by Crippen LogP contribution is 2.08. The van der Waals surface area contributed by atoms with Crippen molar-refractivity contribution in [2.24, 2.45) is 5.92 Å². The molecule has 1 saturated heterocycles. The van der Waals surface area contributed by atoms with Crippen LogP contribution in [0.3, 0.4) is 0 Å². The summed E-state index contributed by atoms with van der Waals surface area (Å²) in [5.41, 5.74) is 0. The molecule has 0 aromatic carbocycles. The topological polar surface area (TPSA) is 88.1 Å². The lowest BCUT2D eigenvalue weighted by Crippen LogP contribution is -2.43. The van der Waals surface area contributed by atoms with Crippen LogP contribution >= 0.6 is 0 Å². The first-order chi connectivity index (χ1) is 10.1. The third-order valence-corrected chi connectivity index (χ3v) is 3.33. The lowest BCUT2D eigenvalue weighted by atomic mass is 10.2. The van der Waals surface area contributed by atoms with Crippen molar-refractivity contribution in [1.29, 1.82) is 0 Å². The fourth-order valence-corrected chi connectivity index (χ4v) is 2.34. The smallest absolute Gasteiger partial charge is 0.246 e. The summed E-state index contributed by atoms with van der Waals surface area (Å²) >= 11 is 0. The fraction of sp³-hybridized carbons (Fsp3) is 0.643. The van der Waals surface area contributed by atoms with Crippen molar-refractivity contribution in [2.75, 3.05) is 18.4 Å². The largest absolute Gasteiger partial charge is 0.346 e. The first kappa shape index (κ1) is 15.5. The number of aromatic nitrogens is 2. The summed E-state index contributed by atoms with van der Waals surface area (Å²) in [4.78, 5) is 27.8. The van der Waals surface area contributed by atoms with E-state index in [-0.39, 0.29) is 24.4 Å². The minimum atomic E-state index is -0.266. The number of anilines is 1. The molecule has 0 radical (unpaired) electrons. The summed E-state index contributed by atoms with van der Waals surface area (Å²) in [6.45, 7) is 5.80. The van der Waals surface area contributed by atoms with Gasteiger partial charge in [0.2, 0.25) is 17.8 Å². The van der Waals surface area contributed by atoms with E-state index in [4.69, 9.17) is 0 Å². The van der Waals surface area contributed by atoms with Crippen LogP contribution in [0.1, 0.15) is 26.7 Å². The SMILES string of the molecule is CC(C)Cn1ccnc1NC(=O)CNC(=O)C1CCCN1. The average Bonchev–Trinajstić information content (AvgIpc) is 3.08. The predicted molar refractivity (Wildman–Crippen MR) is 79.7 cm³/mol. The van der Waals surface area contributed by atoms with Gasteiger partial charge in [-0.25, -0.2) is 4.98 Å². The number of nitrogens with one attached hydrogen (secondary N) is 3. The quantitative estimate of drug-likeness (QED) is 0.706. The van der Waals surface area contributed by atoms with Crippen molar-refractivity contribution in [3.05, 3.63) is 12.4 Å². The van der Waals surface area contributed by atoms with Crippen molar-refractivity contribution in [3.63, 3.8) is 0 Å². The molecule has 1 aromatic heterocycles. The highest BCUT2D eigenvalue weighted by molar-refractivity contribution is 5.94. The number of carbonyl (C=O) groups is 2. The molecule has 0 bridgehead atoms. The molecule has 2 rings (SSSR count). The number of rotatable bonds is 6. The normalized spacial score (nSPS) is 18.0. The van der Waals surface area contributed by atoms with E-state index in [0.29, 0.717) is 11.9 Å². The molecule has 116 valence electrons. The van der Waals surface area contributed by atoms with E-state index >= 15 is 0 Å². The highest BCUT2D eigenvalue weighted by atomic mass is 16.2. The molecular weight excluding hydrogens is 270 g/mol. The standard InChI is InChI=1S/C14H23N5O2/c1-10(2)9-19-7-6-16-14(19)18-12(20)8-17-13(21)11-4-3-5-15-11/h6-7,10-11,15H,3-5,8-9H2,1-2H3,(H,17,21)(H,16,18,20). The summed E-state index contributed by atoms with van der Waals surface area (Å²) in [5.74, 6) is 0.593. The molecule has 1 atom stereocenters. The van der Waals surface area contributed by atoms with Crippen LogP contribution in [-0.4, -0.2) is 40.5 Å². The molecule has 2 heterocycles. The molecule has 0 saturated carbocycles. The van der Waals surface area contributed by atoms with Crippen LogP contribution in [0, 0.1) is 5.92 Å². The van der Waals surface area contributed by atoms with Gasteiger partial charge in [-0.15, -0.1) is 0 Å². The molecule has 3 N–H and O–H groups in total. The van der Waals surface area contributed by atoms with Crippen LogP contribution in [0.25, 0.3) is 0 Å². The maximum Gasteiger partial charge on any atom is 0.246 e. The van der Waals surface area contributed by atoms with Gasteiger partial charge >= 0.3 is 0 Å². The Bertz CT molecular complexity index is 491. The summed E-state index contributed by atoms with van der Waals surface area (Å²) in [7, 11) is 0. The maximum atomic E-state index is 11.9. The summed E-state index contributed by atoms with van der Waals surface area (Å²) < 4.78 is 1.89. The van der Waals surface area contributed by atoms with Gasteiger partial charge in [0.1, 0.15) is 0 Å². The molecule has 7 heteroatoms. The van der Waals surface area contributed by atoms with Crippen molar-refractivity contribution < 1.29 is 9.59 Å². The Balaban J connectivity index is 1.79. The number of imidazole rings is 1. The van der Waals surface area contributed by atoms with Crippen molar-refractivity contribution in [1.82, 2.24) is 20.2 Å². The fourth-order valence-electron chi connectivity index (χ4n) is 2.34. The molecule has 7 nitrogen and oxygen atoms in total. The Hall–Kier alpha value is -1.89. The van der Waals surface area contributed by atoms with Gasteiger partial charge in [0.15, 0.2) is 0 Å². The van der Waals surface area contributed by atoms with Gasteiger partial charge in [0, 0.05) is 18.9 Å². The first-order valence-electron chi connectivity index (χ1n) is 7.38. The molecular formula is C14H23N5O2. The van der Waals surface area contributed by atoms with E-state index in [1.807, 2.05) is 10.8 Å². The Kier molecular flexibility index (Phi) is 5.32. The van der Waals surface area contributed by atoms with Crippen LogP contribution in [0.15, 0.2) is 12.4 Å². The Morgan fingerprint density at radius 3 is 3.00 bits per heavy atom. The predicted octanol–water partition coefficient (Wildman–Crippen LogP) is 0.346. The Labute approximate surface area is 124 Å². The second kappa shape index (κ2) is 7.21. The van der Waals surface area contributed by atoms with E-state index in [9.17, 15) is 9.59 Å². The van der Waals surface area contributed by atoms with Gasteiger partial charge in [0.25, 0.3) is 0 Å². The molecule has 21 heavy (non-hydrogen) atoms. The Morgan fingerprint density at radius 1 is 1.52 bits per heavy atom. The number of nitrogens with zero attached hydrogens (tertiary/aromatic N) is 2. The van der Waals surface area contributed by atoms with Crippen LogP contribution in [0.2, 0.25) is 0 Å². The number of hydrogen-bond donors (Lipinski definition) is 3. The average molecular weight is 293 g/mol. The van der Waals surface area contributed by atoms with Crippen LogP contribution in [0.4, 0.5) is 5.95 Å². The molecule has 1 aliphatic heterocycles. The van der Waals surface area contributed by atoms with Gasteiger partial charge in [-0.05, 0) is 25.3 Å². The van der Waals surface area contributed by atoms with Crippen molar-refractivity contribution in [2.45, 2.75) is 39.3 Å². The third kappa shape index (κ3) is 4.56. The van der Waals surface area contributed by atoms with E-state index in [1.165, 1.54) is 0 Å². The van der Waals surface area contributed by atoms with E-state index < -0.39 is 0 Å². The molecule has 1 aromatic rings. The van der Waals surface area contributed by atoms with Gasteiger partial charge in [-0.1, -0.05) is 13.8 Å². The van der Waals surface area contributed by atoms with Gasteiger partial charge in [-0.3, -0.25) is 14.9 Å². The third-order valence-electron chi connectivity index (χ3n) is 3.33. The molecule has 1 fully saturated rings. The zero-order chi connectivity index (χ0) is 15.2. The molecule has 1 aliphatic rings. The zero-order valence-electron chi connectivity index (χ0n) is 12.6. The molecule has 2 amide bonds. The lowest BCUT2D eigenvalue weighted by Gasteiger charge is -2.12. The summed E-state index contributed by atoms with van der Waals surface area (Å²) in [5, 5.41) is 8.46. The van der Waals surface area contributed by atoms with Crippen LogP contribution in [0.5, 0.6) is 0 Å².